The van der Waals surface area contributed by atoms with Gasteiger partial charge in [0, 0.05) is 42.0 Å². The highest BCUT2D eigenvalue weighted by molar-refractivity contribution is 5.92. The number of benzene rings is 2. The monoisotopic (exact) mass is 417 g/mol. The molecular formula is C22H19N5O4. The maximum atomic E-state index is 12.0. The number of nitrogens with one attached hydrogen (secondary N) is 1. The molecule has 0 aliphatic heterocycles. The minimum Gasteiger partial charge on any atom is -0.457 e. The zero-order chi connectivity index (χ0) is 22.0. The van der Waals surface area contributed by atoms with Gasteiger partial charge in [0.25, 0.3) is 11.2 Å². The van der Waals surface area contributed by atoms with Crippen molar-refractivity contribution in [2.45, 2.75) is 20.4 Å². The van der Waals surface area contributed by atoms with Crippen molar-refractivity contribution in [2.24, 2.45) is 0 Å². The van der Waals surface area contributed by atoms with Gasteiger partial charge < -0.3 is 14.6 Å². The highest BCUT2D eigenvalue weighted by Crippen LogP contribution is 2.30. The predicted octanol–water partition coefficient (Wildman–Crippen LogP) is 4.56. The van der Waals surface area contributed by atoms with Gasteiger partial charge in [0.1, 0.15) is 23.6 Å². The Bertz CT molecular complexity index is 1350. The Morgan fingerprint density at radius 3 is 2.68 bits per heavy atom. The number of anilines is 2. The number of rotatable bonds is 6. The number of non-ortho nitro benzene ring substituents is 1. The van der Waals surface area contributed by atoms with Crippen LogP contribution in [0.2, 0.25) is 0 Å². The third-order valence-electron chi connectivity index (χ3n) is 4.80. The van der Waals surface area contributed by atoms with Gasteiger partial charge in [-0.2, -0.15) is 0 Å². The number of aryl methyl sites for hydroxylation is 2. The average molecular weight is 417 g/mol. The first kappa shape index (κ1) is 20.0. The van der Waals surface area contributed by atoms with Gasteiger partial charge in [-0.25, -0.2) is 9.97 Å². The minimum atomic E-state index is -0.453. The molecular weight excluding hydrogens is 398 g/mol. The molecule has 0 amide bonds. The Morgan fingerprint density at radius 1 is 1.13 bits per heavy atom. The number of fused-ring (bicyclic) bond motifs is 1. The van der Waals surface area contributed by atoms with Gasteiger partial charge in [0.2, 0.25) is 0 Å². The van der Waals surface area contributed by atoms with Crippen LogP contribution in [0.25, 0.3) is 10.9 Å². The van der Waals surface area contributed by atoms with Crippen molar-refractivity contribution in [2.75, 3.05) is 5.32 Å². The van der Waals surface area contributed by atoms with Gasteiger partial charge in [0.05, 0.1) is 10.4 Å². The van der Waals surface area contributed by atoms with Crippen LogP contribution in [0, 0.1) is 17.0 Å². The fourth-order valence-electron chi connectivity index (χ4n) is 3.18. The van der Waals surface area contributed by atoms with E-state index in [9.17, 15) is 14.9 Å². The van der Waals surface area contributed by atoms with Crippen molar-refractivity contribution in [3.05, 3.63) is 87.1 Å². The van der Waals surface area contributed by atoms with E-state index in [4.69, 9.17) is 4.74 Å². The van der Waals surface area contributed by atoms with Gasteiger partial charge in [0.15, 0.2) is 0 Å². The van der Waals surface area contributed by atoms with E-state index in [-0.39, 0.29) is 11.2 Å². The van der Waals surface area contributed by atoms with Crippen LogP contribution in [-0.4, -0.2) is 19.5 Å². The summed E-state index contributed by atoms with van der Waals surface area (Å²) in [6, 6.07) is 13.1. The van der Waals surface area contributed by atoms with Crippen LogP contribution < -0.4 is 15.6 Å². The number of hydrogen-bond acceptors (Lipinski definition) is 7. The lowest BCUT2D eigenvalue weighted by Gasteiger charge is -2.13. The van der Waals surface area contributed by atoms with Gasteiger partial charge in [-0.15, -0.1) is 0 Å². The normalized spacial score (nSPS) is 10.8. The predicted molar refractivity (Wildman–Crippen MR) is 117 cm³/mol. The number of nitro benzene ring substituents is 1. The molecule has 31 heavy (non-hydrogen) atoms. The van der Waals surface area contributed by atoms with Crippen LogP contribution in [0.15, 0.2) is 65.8 Å². The Labute approximate surface area is 177 Å². The largest absolute Gasteiger partial charge is 0.457 e. The van der Waals surface area contributed by atoms with E-state index in [1.165, 1.54) is 24.5 Å². The molecule has 0 aliphatic carbocycles. The lowest BCUT2D eigenvalue weighted by molar-refractivity contribution is -0.384. The summed E-state index contributed by atoms with van der Waals surface area (Å²) in [6.07, 6.45) is 3.10. The van der Waals surface area contributed by atoms with Gasteiger partial charge in [-0.3, -0.25) is 14.9 Å². The molecule has 0 aliphatic rings. The number of pyridine rings is 1. The van der Waals surface area contributed by atoms with E-state index in [1.807, 2.05) is 19.9 Å². The Kier molecular flexibility index (Phi) is 5.31. The standard InChI is InChI=1S/C22H19N5O4/c1-3-26-9-8-17(12-21(26)28)31-20-7-4-15(10-14(20)2)25-22-18-11-16(27(29)30)5-6-19(18)23-13-24-22/h4-13H,3H2,1-2H3,(H,23,24,25). The molecule has 9 heteroatoms. The molecule has 0 bridgehead atoms. The van der Waals surface area contributed by atoms with E-state index >= 15 is 0 Å². The maximum Gasteiger partial charge on any atom is 0.270 e. The lowest BCUT2D eigenvalue weighted by Crippen LogP contribution is -2.16. The third-order valence-corrected chi connectivity index (χ3v) is 4.80. The number of aromatic nitrogens is 3. The summed E-state index contributed by atoms with van der Waals surface area (Å²) >= 11 is 0. The van der Waals surface area contributed by atoms with Crippen molar-refractivity contribution >= 4 is 28.1 Å². The average Bonchev–Trinajstić information content (AvgIpc) is 2.75. The Balaban J connectivity index is 1.60. The number of nitrogens with zero attached hydrogens (tertiary/aromatic N) is 4. The smallest absolute Gasteiger partial charge is 0.270 e. The molecule has 9 nitrogen and oxygen atoms in total. The van der Waals surface area contributed by atoms with Crippen LogP contribution in [-0.2, 0) is 6.54 Å². The topological polar surface area (TPSA) is 112 Å². The first-order valence-electron chi connectivity index (χ1n) is 9.60. The summed E-state index contributed by atoms with van der Waals surface area (Å²) in [6.45, 7) is 4.38. The molecule has 1 N–H and O–H groups in total. The summed E-state index contributed by atoms with van der Waals surface area (Å²) in [4.78, 5) is 31.1. The molecule has 2 heterocycles. The quantitative estimate of drug-likeness (QED) is 0.361. The maximum absolute atomic E-state index is 12.0. The second-order valence-electron chi connectivity index (χ2n) is 6.87. The van der Waals surface area contributed by atoms with Crippen LogP contribution in [0.3, 0.4) is 0 Å². The first-order valence-corrected chi connectivity index (χ1v) is 9.60. The number of hydrogen-bond donors (Lipinski definition) is 1. The van der Waals surface area contributed by atoms with Crippen LogP contribution in [0.4, 0.5) is 17.2 Å². The molecule has 0 fully saturated rings. The summed E-state index contributed by atoms with van der Waals surface area (Å²) in [5.41, 5.74) is 2.02. The number of nitro groups is 1. The zero-order valence-electron chi connectivity index (χ0n) is 16.9. The summed E-state index contributed by atoms with van der Waals surface area (Å²) in [5.74, 6) is 1.54. The number of ether oxygens (including phenoxy) is 1. The van der Waals surface area contributed by atoms with Crippen molar-refractivity contribution in [3.63, 3.8) is 0 Å². The van der Waals surface area contributed by atoms with Crippen molar-refractivity contribution < 1.29 is 9.66 Å². The Hall–Kier alpha value is -4.27. The van der Waals surface area contributed by atoms with E-state index < -0.39 is 4.92 Å². The van der Waals surface area contributed by atoms with E-state index in [0.717, 1.165) is 11.3 Å². The van der Waals surface area contributed by atoms with Crippen LogP contribution in [0.1, 0.15) is 12.5 Å². The van der Waals surface area contributed by atoms with Crippen LogP contribution in [0.5, 0.6) is 11.5 Å². The molecule has 2 aromatic heterocycles. The van der Waals surface area contributed by atoms with Crippen molar-refractivity contribution in [1.29, 1.82) is 0 Å². The molecule has 0 radical (unpaired) electrons. The molecule has 4 rings (SSSR count). The fourth-order valence-corrected chi connectivity index (χ4v) is 3.18. The highest BCUT2D eigenvalue weighted by atomic mass is 16.6. The summed E-state index contributed by atoms with van der Waals surface area (Å²) in [5, 5.41) is 14.8. The summed E-state index contributed by atoms with van der Waals surface area (Å²) in [7, 11) is 0. The second-order valence-corrected chi connectivity index (χ2v) is 6.87. The molecule has 0 atom stereocenters. The van der Waals surface area contributed by atoms with Crippen molar-refractivity contribution in [3.8, 4) is 11.5 Å². The van der Waals surface area contributed by atoms with Crippen LogP contribution >= 0.6 is 0 Å². The SMILES string of the molecule is CCn1ccc(Oc2ccc(Nc3ncnc4ccc([N+](=O)[O-])cc34)cc2C)cc1=O. The van der Waals surface area contributed by atoms with Gasteiger partial charge >= 0.3 is 0 Å². The van der Waals surface area contributed by atoms with Crippen molar-refractivity contribution in [1.82, 2.24) is 14.5 Å². The third kappa shape index (κ3) is 4.20. The second kappa shape index (κ2) is 8.23. The molecule has 0 unspecified atom stereocenters. The molecule has 0 saturated carbocycles. The molecule has 156 valence electrons. The highest BCUT2D eigenvalue weighted by Gasteiger charge is 2.12. The van der Waals surface area contributed by atoms with E-state index in [1.54, 1.807) is 35.0 Å². The summed E-state index contributed by atoms with van der Waals surface area (Å²) < 4.78 is 7.45. The molecule has 2 aromatic carbocycles. The fraction of sp³-hybridized carbons (Fsp3) is 0.136. The molecule has 0 saturated heterocycles. The molecule has 4 aromatic rings. The van der Waals surface area contributed by atoms with Gasteiger partial charge in [-0.1, -0.05) is 0 Å². The van der Waals surface area contributed by atoms with Gasteiger partial charge in [-0.05, 0) is 49.7 Å². The lowest BCUT2D eigenvalue weighted by atomic mass is 10.1. The van der Waals surface area contributed by atoms with E-state index in [2.05, 4.69) is 15.3 Å². The van der Waals surface area contributed by atoms with E-state index in [0.29, 0.717) is 34.8 Å². The Morgan fingerprint density at radius 2 is 1.97 bits per heavy atom. The first-order chi connectivity index (χ1) is 14.9. The molecule has 0 spiro atoms. The minimum absolute atomic E-state index is 0.0322. The zero-order valence-corrected chi connectivity index (χ0v) is 16.9.